The van der Waals surface area contributed by atoms with Crippen molar-refractivity contribution in [2.24, 2.45) is 0 Å². The minimum absolute atomic E-state index is 0.0493. The van der Waals surface area contributed by atoms with Crippen LogP contribution in [0.1, 0.15) is 26.3 Å². The summed E-state index contributed by atoms with van der Waals surface area (Å²) in [5.41, 5.74) is 1.25. The van der Waals surface area contributed by atoms with Crippen molar-refractivity contribution in [1.82, 2.24) is 5.32 Å². The first-order valence-corrected chi connectivity index (χ1v) is 9.12. The van der Waals surface area contributed by atoms with E-state index in [1.165, 1.54) is 0 Å². The molecule has 0 heterocycles. The minimum atomic E-state index is -3.26. The Labute approximate surface area is 138 Å². The highest BCUT2D eigenvalue weighted by atomic mass is 32.2. The van der Waals surface area contributed by atoms with Crippen molar-refractivity contribution in [3.63, 3.8) is 0 Å². The van der Waals surface area contributed by atoms with Crippen molar-refractivity contribution >= 4 is 21.4 Å². The Balaban J connectivity index is 2.65. The number of methoxy groups -OCH3 is 1. The van der Waals surface area contributed by atoms with E-state index in [2.05, 4.69) is 10.6 Å². The van der Waals surface area contributed by atoms with Crippen LogP contribution in [0.25, 0.3) is 0 Å². The molecule has 0 aromatic heterocycles. The van der Waals surface area contributed by atoms with Crippen molar-refractivity contribution in [3.05, 3.63) is 29.8 Å². The quantitative estimate of drug-likeness (QED) is 0.701. The monoisotopic (exact) mass is 342 g/mol. The van der Waals surface area contributed by atoms with E-state index >= 15 is 0 Å². The maximum atomic E-state index is 12.2. The van der Waals surface area contributed by atoms with Gasteiger partial charge in [-0.3, -0.25) is 4.79 Å². The summed E-state index contributed by atoms with van der Waals surface area (Å²) in [6, 6.07) is 6.91. The summed E-state index contributed by atoms with van der Waals surface area (Å²) < 4.78 is 28.6. The molecule has 23 heavy (non-hydrogen) atoms. The Bertz CT molecular complexity index is 621. The molecule has 0 spiro atoms. The van der Waals surface area contributed by atoms with Gasteiger partial charge in [0.25, 0.3) is 0 Å². The lowest BCUT2D eigenvalue weighted by atomic mass is 10.2. The van der Waals surface area contributed by atoms with Gasteiger partial charge in [0, 0.05) is 19.3 Å². The molecule has 0 atom stereocenters. The predicted octanol–water partition coefficient (Wildman–Crippen LogP) is 1.57. The molecule has 1 aromatic rings. The highest BCUT2D eigenvalue weighted by molar-refractivity contribution is 7.91. The Hall–Kier alpha value is -1.44. The largest absolute Gasteiger partial charge is 0.383 e. The van der Waals surface area contributed by atoms with Crippen molar-refractivity contribution in [1.29, 1.82) is 0 Å². The highest BCUT2D eigenvalue weighted by Gasteiger charge is 2.28. The number of anilines is 1. The van der Waals surface area contributed by atoms with Crippen LogP contribution in [0.3, 0.4) is 0 Å². The molecule has 0 aliphatic carbocycles. The first-order chi connectivity index (χ1) is 10.7. The number of amides is 1. The Morgan fingerprint density at radius 3 is 2.57 bits per heavy atom. The molecule has 0 aliphatic heterocycles. The molecule has 0 bridgehead atoms. The van der Waals surface area contributed by atoms with Crippen LogP contribution in [0.5, 0.6) is 0 Å². The smallest absolute Gasteiger partial charge is 0.238 e. The molecule has 2 N–H and O–H groups in total. The van der Waals surface area contributed by atoms with Gasteiger partial charge < -0.3 is 15.4 Å². The SMILES string of the molecule is COCCNCC(=O)Nc1cccc(CS(=O)(=O)C(C)(C)C)c1. The van der Waals surface area contributed by atoms with E-state index in [4.69, 9.17) is 4.74 Å². The molecule has 7 heteroatoms. The molecule has 0 aliphatic rings. The molecule has 130 valence electrons. The van der Waals surface area contributed by atoms with E-state index in [0.29, 0.717) is 24.4 Å². The third-order valence-electron chi connectivity index (χ3n) is 3.27. The summed E-state index contributed by atoms with van der Waals surface area (Å²) in [4.78, 5) is 11.8. The summed E-state index contributed by atoms with van der Waals surface area (Å²) in [6.07, 6.45) is 0. The molecular weight excluding hydrogens is 316 g/mol. The maximum absolute atomic E-state index is 12.2. The first kappa shape index (κ1) is 19.6. The number of hydrogen-bond donors (Lipinski definition) is 2. The second kappa shape index (κ2) is 8.42. The van der Waals surface area contributed by atoms with Crippen LogP contribution < -0.4 is 10.6 Å². The van der Waals surface area contributed by atoms with Gasteiger partial charge in [-0.25, -0.2) is 8.42 Å². The van der Waals surface area contributed by atoms with E-state index in [0.717, 1.165) is 0 Å². The summed E-state index contributed by atoms with van der Waals surface area (Å²) in [5.74, 6) is -0.233. The van der Waals surface area contributed by atoms with Gasteiger partial charge in [-0.05, 0) is 38.5 Å². The fourth-order valence-electron chi connectivity index (χ4n) is 1.76. The molecule has 1 amide bonds. The fourth-order valence-corrected chi connectivity index (χ4v) is 2.81. The third-order valence-corrected chi connectivity index (χ3v) is 5.85. The summed E-state index contributed by atoms with van der Waals surface area (Å²) in [7, 11) is -1.66. The van der Waals surface area contributed by atoms with Crippen molar-refractivity contribution in [2.75, 3.05) is 32.1 Å². The zero-order chi connectivity index (χ0) is 17.5. The van der Waals surface area contributed by atoms with E-state index in [-0.39, 0.29) is 18.2 Å². The second-order valence-electron chi connectivity index (χ2n) is 6.29. The average molecular weight is 342 g/mol. The van der Waals surface area contributed by atoms with Gasteiger partial charge in [0.05, 0.1) is 23.7 Å². The summed E-state index contributed by atoms with van der Waals surface area (Å²) in [5, 5.41) is 5.69. The van der Waals surface area contributed by atoms with Crippen LogP contribution in [-0.2, 0) is 25.1 Å². The van der Waals surface area contributed by atoms with Crippen molar-refractivity contribution < 1.29 is 17.9 Å². The van der Waals surface area contributed by atoms with E-state index in [1.807, 2.05) is 0 Å². The van der Waals surface area contributed by atoms with Gasteiger partial charge in [-0.15, -0.1) is 0 Å². The van der Waals surface area contributed by atoms with Crippen LogP contribution in [-0.4, -0.2) is 45.9 Å². The number of nitrogens with one attached hydrogen (secondary N) is 2. The highest BCUT2D eigenvalue weighted by Crippen LogP contribution is 2.22. The van der Waals surface area contributed by atoms with Crippen molar-refractivity contribution in [2.45, 2.75) is 31.3 Å². The average Bonchev–Trinajstić information content (AvgIpc) is 2.42. The number of carbonyl (C=O) groups excluding carboxylic acids is 1. The second-order valence-corrected chi connectivity index (χ2v) is 9.03. The molecule has 1 rings (SSSR count). The van der Waals surface area contributed by atoms with E-state index in [9.17, 15) is 13.2 Å². The number of carbonyl (C=O) groups is 1. The van der Waals surface area contributed by atoms with Gasteiger partial charge >= 0.3 is 0 Å². The van der Waals surface area contributed by atoms with Gasteiger partial charge in [-0.1, -0.05) is 12.1 Å². The predicted molar refractivity (Wildman–Crippen MR) is 92.2 cm³/mol. The van der Waals surface area contributed by atoms with Gasteiger partial charge in [0.15, 0.2) is 9.84 Å². The lowest BCUT2D eigenvalue weighted by Gasteiger charge is -2.19. The summed E-state index contributed by atoms with van der Waals surface area (Å²) >= 11 is 0. The lowest BCUT2D eigenvalue weighted by molar-refractivity contribution is -0.115. The zero-order valence-electron chi connectivity index (χ0n) is 14.2. The lowest BCUT2D eigenvalue weighted by Crippen LogP contribution is -2.30. The number of benzene rings is 1. The topological polar surface area (TPSA) is 84.5 Å². The van der Waals surface area contributed by atoms with Crippen LogP contribution >= 0.6 is 0 Å². The van der Waals surface area contributed by atoms with Crippen LogP contribution in [0.4, 0.5) is 5.69 Å². The fraction of sp³-hybridized carbons (Fsp3) is 0.562. The normalized spacial score (nSPS) is 12.2. The zero-order valence-corrected chi connectivity index (χ0v) is 15.0. The van der Waals surface area contributed by atoms with Gasteiger partial charge in [0.1, 0.15) is 0 Å². The summed E-state index contributed by atoms with van der Waals surface area (Å²) in [6.45, 7) is 6.34. The van der Waals surface area contributed by atoms with Crippen LogP contribution in [0.15, 0.2) is 24.3 Å². The molecule has 0 radical (unpaired) electrons. The van der Waals surface area contributed by atoms with Crippen molar-refractivity contribution in [3.8, 4) is 0 Å². The third kappa shape index (κ3) is 6.68. The molecule has 0 unspecified atom stereocenters. The Morgan fingerprint density at radius 2 is 1.96 bits per heavy atom. The first-order valence-electron chi connectivity index (χ1n) is 7.46. The Kier molecular flexibility index (Phi) is 7.18. The van der Waals surface area contributed by atoms with Crippen LogP contribution in [0.2, 0.25) is 0 Å². The standard InChI is InChI=1S/C16H26N2O4S/c1-16(2,3)23(20,21)12-13-6-5-7-14(10-13)18-15(19)11-17-8-9-22-4/h5-7,10,17H,8-9,11-12H2,1-4H3,(H,18,19). The molecule has 0 saturated heterocycles. The van der Waals surface area contributed by atoms with E-state index < -0.39 is 14.6 Å². The number of sulfone groups is 1. The van der Waals surface area contributed by atoms with Crippen LogP contribution in [0, 0.1) is 0 Å². The van der Waals surface area contributed by atoms with E-state index in [1.54, 1.807) is 52.1 Å². The molecule has 6 nitrogen and oxygen atoms in total. The molecule has 1 aromatic carbocycles. The Morgan fingerprint density at radius 1 is 1.26 bits per heavy atom. The minimum Gasteiger partial charge on any atom is -0.383 e. The molecule has 0 saturated carbocycles. The molecular formula is C16H26N2O4S. The molecule has 0 fully saturated rings. The maximum Gasteiger partial charge on any atom is 0.238 e. The van der Waals surface area contributed by atoms with Gasteiger partial charge in [-0.2, -0.15) is 0 Å². The number of hydrogen-bond acceptors (Lipinski definition) is 5. The number of rotatable bonds is 8. The van der Waals surface area contributed by atoms with Gasteiger partial charge in [0.2, 0.25) is 5.91 Å². The number of ether oxygens (including phenoxy) is 1.